The third-order valence-corrected chi connectivity index (χ3v) is 2.69. The number of aromatic carboxylic acids is 1. The molecule has 0 fully saturated rings. The van der Waals surface area contributed by atoms with Gasteiger partial charge in [0, 0.05) is 16.8 Å². The van der Waals surface area contributed by atoms with Gasteiger partial charge in [-0.05, 0) is 18.2 Å². The molecule has 0 atom stereocenters. The number of carboxylic acids is 1. The molecule has 22 heavy (non-hydrogen) atoms. The van der Waals surface area contributed by atoms with Crippen LogP contribution in [0.15, 0.2) is 24.3 Å². The molecule has 2 rings (SSSR count). The summed E-state index contributed by atoms with van der Waals surface area (Å²) in [7, 11) is 0. The lowest BCUT2D eigenvalue weighted by atomic mass is 10.0. The number of nitriles is 3. The van der Waals surface area contributed by atoms with Crippen LogP contribution >= 0.6 is 0 Å². The highest BCUT2D eigenvalue weighted by molar-refractivity contribution is 6.06. The van der Waals surface area contributed by atoms with Gasteiger partial charge in [0.25, 0.3) is 18.8 Å². The zero-order valence-corrected chi connectivity index (χ0v) is 10.7. The van der Waals surface area contributed by atoms with Crippen LogP contribution in [0, 0.1) is 34.6 Å². The molecule has 0 amide bonds. The summed E-state index contributed by atoms with van der Waals surface area (Å²) in [6.45, 7) is 0. The molecule has 0 saturated heterocycles. The molecule has 0 saturated carbocycles. The minimum Gasteiger partial charge on any atom is -0.478 e. The van der Waals surface area contributed by atoms with Crippen molar-refractivity contribution in [3.05, 3.63) is 29.8 Å². The minimum absolute atomic E-state index is 0.0108. The van der Waals surface area contributed by atoms with Crippen molar-refractivity contribution < 1.29 is 24.1 Å². The smallest absolute Gasteiger partial charge is 0.336 e. The van der Waals surface area contributed by atoms with Gasteiger partial charge in [-0.15, -0.1) is 15.8 Å². The lowest BCUT2D eigenvalue weighted by Gasteiger charge is -2.09. The van der Waals surface area contributed by atoms with Gasteiger partial charge in [-0.3, -0.25) is 0 Å². The van der Waals surface area contributed by atoms with Gasteiger partial charge in [0.1, 0.15) is 11.5 Å². The van der Waals surface area contributed by atoms with E-state index in [-0.39, 0.29) is 33.6 Å². The number of fused-ring (bicyclic) bond motifs is 1. The van der Waals surface area contributed by atoms with Gasteiger partial charge in [0.05, 0.1) is 5.56 Å². The van der Waals surface area contributed by atoms with Crippen molar-refractivity contribution in [3.8, 4) is 36.0 Å². The molecule has 2 aromatic rings. The fourth-order valence-electron chi connectivity index (χ4n) is 1.91. The Morgan fingerprint density at radius 2 is 1.41 bits per heavy atom. The van der Waals surface area contributed by atoms with Gasteiger partial charge >= 0.3 is 5.97 Å². The van der Waals surface area contributed by atoms with Crippen molar-refractivity contribution >= 4 is 16.7 Å². The number of carbonyl (C=O) groups is 1. The highest BCUT2D eigenvalue weighted by atomic mass is 16.5. The molecule has 0 unspecified atom stereocenters. The fourth-order valence-corrected chi connectivity index (χ4v) is 1.91. The van der Waals surface area contributed by atoms with Gasteiger partial charge in [-0.25, -0.2) is 4.79 Å². The quantitative estimate of drug-likeness (QED) is 0.846. The summed E-state index contributed by atoms with van der Waals surface area (Å²) < 4.78 is 14.0. The van der Waals surface area contributed by atoms with Crippen molar-refractivity contribution in [2.24, 2.45) is 0 Å². The molecule has 0 spiro atoms. The van der Waals surface area contributed by atoms with E-state index in [9.17, 15) is 9.90 Å². The maximum Gasteiger partial charge on any atom is 0.336 e. The van der Waals surface area contributed by atoms with Crippen molar-refractivity contribution in [1.29, 1.82) is 15.8 Å². The summed E-state index contributed by atoms with van der Waals surface area (Å²) in [6.07, 6.45) is 4.33. The average Bonchev–Trinajstić information content (AvgIpc) is 2.48. The van der Waals surface area contributed by atoms with Crippen LogP contribution in [-0.2, 0) is 0 Å². The van der Waals surface area contributed by atoms with Gasteiger partial charge in [-0.2, -0.15) is 0 Å². The van der Waals surface area contributed by atoms with E-state index in [2.05, 4.69) is 9.47 Å². The van der Waals surface area contributed by atoms with E-state index in [1.807, 2.05) is 0 Å². The molecule has 0 heterocycles. The van der Waals surface area contributed by atoms with Crippen molar-refractivity contribution in [2.75, 3.05) is 0 Å². The van der Waals surface area contributed by atoms with Gasteiger partial charge in [0.2, 0.25) is 0 Å². The van der Waals surface area contributed by atoms with E-state index in [1.165, 1.54) is 37.0 Å². The molecule has 0 aliphatic rings. The maximum absolute atomic E-state index is 11.4. The Morgan fingerprint density at radius 1 is 0.864 bits per heavy atom. The van der Waals surface area contributed by atoms with E-state index in [0.29, 0.717) is 0 Å². The van der Waals surface area contributed by atoms with E-state index in [1.54, 1.807) is 0 Å². The number of rotatable bonds is 4. The molecule has 0 aliphatic carbocycles. The van der Waals surface area contributed by atoms with E-state index in [4.69, 9.17) is 20.5 Å². The normalized spacial score (nSPS) is 9.14. The molecule has 0 bridgehead atoms. The second-order valence-corrected chi connectivity index (χ2v) is 3.87. The lowest BCUT2D eigenvalue weighted by molar-refractivity contribution is 0.0698. The maximum atomic E-state index is 11.4. The van der Waals surface area contributed by atoms with Gasteiger partial charge in [-0.1, -0.05) is 0 Å². The Balaban J connectivity index is 2.85. The zero-order valence-electron chi connectivity index (χ0n) is 10.7. The van der Waals surface area contributed by atoms with E-state index < -0.39 is 5.97 Å². The van der Waals surface area contributed by atoms with E-state index >= 15 is 0 Å². The lowest BCUT2D eigenvalue weighted by Crippen LogP contribution is -2.00. The Bertz CT molecular complexity index is 886. The Kier molecular flexibility index (Phi) is 3.94. The number of hydrogen-bond acceptors (Lipinski definition) is 7. The summed E-state index contributed by atoms with van der Waals surface area (Å²) in [5, 5.41) is 35.4. The summed E-state index contributed by atoms with van der Waals surface area (Å²) >= 11 is 0. The van der Waals surface area contributed by atoms with Crippen LogP contribution in [0.1, 0.15) is 10.4 Å². The molecule has 0 aliphatic heterocycles. The average molecular weight is 295 g/mol. The minimum atomic E-state index is -1.29. The first-order chi connectivity index (χ1) is 10.6. The highest BCUT2D eigenvalue weighted by Crippen LogP contribution is 2.36. The topological polar surface area (TPSA) is 136 Å². The molecular weight excluding hydrogens is 290 g/mol. The summed E-state index contributed by atoms with van der Waals surface area (Å²) in [5.41, 5.74) is -0.200. The molecule has 106 valence electrons. The van der Waals surface area contributed by atoms with Crippen molar-refractivity contribution in [3.63, 3.8) is 0 Å². The molecule has 0 radical (unpaired) electrons. The Morgan fingerprint density at radius 3 is 1.95 bits per heavy atom. The third kappa shape index (κ3) is 2.64. The van der Waals surface area contributed by atoms with Crippen LogP contribution in [0.3, 0.4) is 0 Å². The largest absolute Gasteiger partial charge is 0.478 e. The molecule has 8 heteroatoms. The van der Waals surface area contributed by atoms with Gasteiger partial charge < -0.3 is 19.3 Å². The monoisotopic (exact) mass is 295 g/mol. The standard InChI is InChI=1S/C14H5N3O5/c15-5-20-8-2-11-10(12(3-8)14(18)19)1-9(21-6-16)4-13(11)22-7-17/h1-4H,(H,18,19). The second-order valence-electron chi connectivity index (χ2n) is 3.87. The molecule has 1 N–H and O–H groups in total. The summed E-state index contributed by atoms with van der Waals surface area (Å²) in [4.78, 5) is 11.4. The molecule has 0 aromatic heterocycles. The predicted octanol–water partition coefficient (Wildman–Crippen LogP) is 2.12. The van der Waals surface area contributed by atoms with Crippen LogP contribution in [-0.4, -0.2) is 11.1 Å². The van der Waals surface area contributed by atoms with E-state index in [0.717, 1.165) is 6.07 Å². The fraction of sp³-hybridized carbons (Fsp3) is 0. The van der Waals surface area contributed by atoms with Crippen LogP contribution in [0.5, 0.6) is 17.2 Å². The Hall–Kier alpha value is -3.96. The molecule has 8 nitrogen and oxygen atoms in total. The Labute approximate surface area is 123 Å². The first-order valence-corrected chi connectivity index (χ1v) is 5.63. The highest BCUT2D eigenvalue weighted by Gasteiger charge is 2.17. The second kappa shape index (κ2) is 6.00. The number of carboxylic acid groups (broad SMARTS) is 1. The van der Waals surface area contributed by atoms with Crippen LogP contribution < -0.4 is 14.2 Å². The van der Waals surface area contributed by atoms with Crippen LogP contribution in [0.25, 0.3) is 10.8 Å². The number of hydrogen-bond donors (Lipinski definition) is 1. The summed E-state index contributed by atoms with van der Waals surface area (Å²) in [5.74, 6) is -1.33. The first kappa shape index (κ1) is 14.4. The van der Waals surface area contributed by atoms with Crippen LogP contribution in [0.2, 0.25) is 0 Å². The number of nitrogens with zero attached hydrogens (tertiary/aromatic N) is 3. The number of ether oxygens (including phenoxy) is 3. The van der Waals surface area contributed by atoms with Crippen LogP contribution in [0.4, 0.5) is 0 Å². The molecular formula is C14H5N3O5. The SMILES string of the molecule is N#COc1cc(C(=O)O)c2cc(OC#N)cc(OC#N)c2c1. The van der Waals surface area contributed by atoms with Crippen molar-refractivity contribution in [1.82, 2.24) is 0 Å². The number of benzene rings is 2. The third-order valence-electron chi connectivity index (χ3n) is 2.69. The van der Waals surface area contributed by atoms with Gasteiger partial charge in [0.15, 0.2) is 5.75 Å². The zero-order chi connectivity index (χ0) is 16.1. The summed E-state index contributed by atoms with van der Waals surface area (Å²) in [6, 6.07) is 5.03. The predicted molar refractivity (Wildman–Crippen MR) is 69.6 cm³/mol. The first-order valence-electron chi connectivity index (χ1n) is 5.63. The van der Waals surface area contributed by atoms with Crippen molar-refractivity contribution in [2.45, 2.75) is 0 Å². The molecule has 2 aromatic carbocycles.